The van der Waals surface area contributed by atoms with E-state index in [-0.39, 0.29) is 24.9 Å². The lowest BCUT2D eigenvalue weighted by Gasteiger charge is -2.17. The van der Waals surface area contributed by atoms with E-state index in [1.807, 2.05) is 0 Å². The van der Waals surface area contributed by atoms with Crippen molar-refractivity contribution in [3.8, 4) is 0 Å². The Kier molecular flexibility index (Phi) is 7.60. The lowest BCUT2D eigenvalue weighted by molar-refractivity contribution is -0.122. The number of halogens is 1. The average molecular weight is 347 g/mol. The number of nitrogens with one attached hydrogen (secondary N) is 2. The summed E-state index contributed by atoms with van der Waals surface area (Å²) in [6.45, 7) is 0.846. The first-order valence-electron chi connectivity index (χ1n) is 8.71. The first kappa shape index (κ1) is 19.1. The maximum Gasteiger partial charge on any atom is 0.238 e. The number of hydrogen-bond donors (Lipinski definition) is 2. The highest BCUT2D eigenvalue weighted by molar-refractivity contribution is 5.92. The maximum atomic E-state index is 13.1. The number of benzene rings is 1. The van der Waals surface area contributed by atoms with Gasteiger partial charge < -0.3 is 10.6 Å². The zero-order chi connectivity index (χ0) is 18.1. The molecule has 0 aromatic heterocycles. The van der Waals surface area contributed by atoms with E-state index in [0.29, 0.717) is 12.2 Å². The average Bonchev–Trinajstić information content (AvgIpc) is 2.55. The van der Waals surface area contributed by atoms with Gasteiger partial charge in [0.15, 0.2) is 0 Å². The first-order chi connectivity index (χ1) is 12.0. The van der Waals surface area contributed by atoms with Crippen LogP contribution in [0.2, 0.25) is 0 Å². The van der Waals surface area contributed by atoms with Gasteiger partial charge in [-0.3, -0.25) is 14.5 Å². The molecule has 1 aromatic rings. The van der Waals surface area contributed by atoms with Crippen molar-refractivity contribution in [3.05, 3.63) is 41.7 Å². The van der Waals surface area contributed by atoms with Crippen LogP contribution >= 0.6 is 0 Å². The van der Waals surface area contributed by atoms with Gasteiger partial charge in [-0.05, 0) is 57.4 Å². The third-order valence-corrected chi connectivity index (χ3v) is 4.09. The summed E-state index contributed by atoms with van der Waals surface area (Å²) in [5.41, 5.74) is 1.83. The number of anilines is 1. The van der Waals surface area contributed by atoms with Crippen molar-refractivity contribution in [2.45, 2.75) is 32.1 Å². The second-order valence-corrected chi connectivity index (χ2v) is 6.44. The molecule has 0 saturated heterocycles. The number of allylic oxidation sites excluding steroid dienone is 1. The van der Waals surface area contributed by atoms with Crippen LogP contribution in [0.25, 0.3) is 0 Å². The largest absolute Gasteiger partial charge is 0.355 e. The zero-order valence-corrected chi connectivity index (χ0v) is 14.7. The van der Waals surface area contributed by atoms with Gasteiger partial charge in [-0.1, -0.05) is 17.7 Å². The van der Waals surface area contributed by atoms with Crippen molar-refractivity contribution in [1.29, 1.82) is 0 Å². The topological polar surface area (TPSA) is 61.4 Å². The highest BCUT2D eigenvalue weighted by Crippen LogP contribution is 2.19. The quantitative estimate of drug-likeness (QED) is 0.711. The van der Waals surface area contributed by atoms with Crippen molar-refractivity contribution < 1.29 is 14.0 Å². The van der Waals surface area contributed by atoms with E-state index in [1.54, 1.807) is 18.0 Å². The summed E-state index contributed by atoms with van der Waals surface area (Å²) in [4.78, 5) is 25.5. The van der Waals surface area contributed by atoms with Gasteiger partial charge in [0.25, 0.3) is 0 Å². The Bertz CT molecular complexity index is 631. The molecule has 0 fully saturated rings. The predicted molar refractivity (Wildman–Crippen MR) is 96.7 cm³/mol. The smallest absolute Gasteiger partial charge is 0.238 e. The number of likely N-dealkylation sites (N-methyl/N-ethyl adjacent to an activating group) is 1. The van der Waals surface area contributed by atoms with E-state index >= 15 is 0 Å². The lowest BCUT2D eigenvalue weighted by Crippen LogP contribution is -2.39. The van der Waals surface area contributed by atoms with Crippen molar-refractivity contribution in [3.63, 3.8) is 0 Å². The third-order valence-electron chi connectivity index (χ3n) is 4.09. The van der Waals surface area contributed by atoms with E-state index < -0.39 is 5.82 Å². The molecule has 0 atom stereocenters. The van der Waals surface area contributed by atoms with Crippen molar-refractivity contribution in [2.24, 2.45) is 0 Å². The second-order valence-electron chi connectivity index (χ2n) is 6.44. The predicted octanol–water partition coefficient (Wildman–Crippen LogP) is 2.70. The summed E-state index contributed by atoms with van der Waals surface area (Å²) in [5.74, 6) is -0.788. The molecule has 0 aliphatic heterocycles. The molecule has 1 aliphatic carbocycles. The molecule has 0 heterocycles. The van der Waals surface area contributed by atoms with Crippen molar-refractivity contribution in [2.75, 3.05) is 32.0 Å². The van der Waals surface area contributed by atoms with Crippen LogP contribution in [0.4, 0.5) is 10.1 Å². The minimum atomic E-state index is -0.404. The summed E-state index contributed by atoms with van der Waals surface area (Å²) in [5, 5.41) is 5.50. The Labute approximate surface area is 148 Å². The van der Waals surface area contributed by atoms with Crippen molar-refractivity contribution >= 4 is 17.5 Å². The highest BCUT2D eigenvalue weighted by atomic mass is 19.1. The number of amides is 2. The van der Waals surface area contributed by atoms with Crippen molar-refractivity contribution in [1.82, 2.24) is 10.2 Å². The Morgan fingerprint density at radius 2 is 2.00 bits per heavy atom. The molecule has 0 bridgehead atoms. The van der Waals surface area contributed by atoms with Gasteiger partial charge in [0.2, 0.25) is 11.8 Å². The molecule has 2 rings (SSSR count). The highest BCUT2D eigenvalue weighted by Gasteiger charge is 2.11. The fourth-order valence-electron chi connectivity index (χ4n) is 2.86. The molecule has 1 aliphatic rings. The second kappa shape index (κ2) is 9.93. The summed E-state index contributed by atoms with van der Waals surface area (Å²) in [6.07, 6.45) is 7.96. The molecule has 5 nitrogen and oxygen atoms in total. The minimum Gasteiger partial charge on any atom is -0.355 e. The van der Waals surface area contributed by atoms with E-state index in [1.165, 1.54) is 36.6 Å². The van der Waals surface area contributed by atoms with Gasteiger partial charge in [-0.2, -0.15) is 0 Å². The Morgan fingerprint density at radius 3 is 2.72 bits per heavy atom. The first-order valence-corrected chi connectivity index (χ1v) is 8.71. The molecular weight excluding hydrogens is 321 g/mol. The normalized spacial score (nSPS) is 14.1. The third kappa shape index (κ3) is 7.47. The fourth-order valence-corrected chi connectivity index (χ4v) is 2.86. The summed E-state index contributed by atoms with van der Waals surface area (Å²) in [6, 6.07) is 5.72. The minimum absolute atomic E-state index is 0.0646. The molecule has 2 N–H and O–H groups in total. The van der Waals surface area contributed by atoms with Crippen LogP contribution in [0, 0.1) is 5.82 Å². The van der Waals surface area contributed by atoms with Crippen LogP contribution in [-0.2, 0) is 9.59 Å². The van der Waals surface area contributed by atoms with E-state index in [0.717, 1.165) is 19.3 Å². The Morgan fingerprint density at radius 1 is 1.20 bits per heavy atom. The van der Waals surface area contributed by atoms with Gasteiger partial charge in [0.05, 0.1) is 13.1 Å². The molecule has 0 radical (unpaired) electrons. The maximum absolute atomic E-state index is 13.1. The molecule has 2 amide bonds. The monoisotopic (exact) mass is 347 g/mol. The fraction of sp³-hybridized carbons (Fsp3) is 0.474. The lowest BCUT2D eigenvalue weighted by atomic mass is 9.97. The Balaban J connectivity index is 1.64. The zero-order valence-electron chi connectivity index (χ0n) is 14.7. The summed E-state index contributed by atoms with van der Waals surface area (Å²) < 4.78 is 13.1. The van der Waals surface area contributed by atoms with Gasteiger partial charge >= 0.3 is 0 Å². The Hall–Kier alpha value is -2.21. The molecule has 0 saturated carbocycles. The van der Waals surface area contributed by atoms with Crippen LogP contribution in [0.5, 0.6) is 0 Å². The molecule has 25 heavy (non-hydrogen) atoms. The van der Waals surface area contributed by atoms with Gasteiger partial charge in [-0.15, -0.1) is 0 Å². The van der Waals surface area contributed by atoms with Crippen LogP contribution in [-0.4, -0.2) is 43.4 Å². The molecule has 6 heteroatoms. The molecule has 0 spiro atoms. The van der Waals surface area contributed by atoms with Gasteiger partial charge in [0.1, 0.15) is 5.82 Å². The number of rotatable bonds is 8. The van der Waals surface area contributed by atoms with Crippen LogP contribution < -0.4 is 10.6 Å². The summed E-state index contributed by atoms with van der Waals surface area (Å²) >= 11 is 0. The molecule has 1 aromatic carbocycles. The van der Waals surface area contributed by atoms with E-state index in [4.69, 9.17) is 0 Å². The molecule has 0 unspecified atom stereocenters. The number of carbonyl (C=O) groups is 2. The van der Waals surface area contributed by atoms with Gasteiger partial charge in [0, 0.05) is 12.2 Å². The van der Waals surface area contributed by atoms with Gasteiger partial charge in [-0.25, -0.2) is 4.39 Å². The van der Waals surface area contributed by atoms with E-state index in [2.05, 4.69) is 16.7 Å². The number of hydrogen-bond acceptors (Lipinski definition) is 3. The van der Waals surface area contributed by atoms with Crippen LogP contribution in [0.15, 0.2) is 35.9 Å². The molecular formula is C19H26FN3O2. The number of carbonyl (C=O) groups excluding carboxylic acids is 2. The van der Waals surface area contributed by atoms with Crippen LogP contribution in [0.1, 0.15) is 32.1 Å². The summed E-state index contributed by atoms with van der Waals surface area (Å²) in [7, 11) is 1.70. The standard InChI is InChI=1S/C19H26FN3O2/c1-23(14-19(25)22-17-9-5-8-16(20)12-17)13-18(24)21-11-10-15-6-3-2-4-7-15/h5-6,8-9,12H,2-4,7,10-11,13-14H2,1H3,(H,21,24)(H,22,25). The molecule has 136 valence electrons. The SMILES string of the molecule is CN(CC(=O)NCCC1=CCCCC1)CC(=O)Nc1cccc(F)c1. The number of nitrogens with zero attached hydrogens (tertiary/aromatic N) is 1. The van der Waals surface area contributed by atoms with Crippen LogP contribution in [0.3, 0.4) is 0 Å². The van der Waals surface area contributed by atoms with E-state index in [9.17, 15) is 14.0 Å².